The maximum atomic E-state index is 12.4. The summed E-state index contributed by atoms with van der Waals surface area (Å²) in [4.78, 5) is 32.1. The number of piperidine rings is 1. The number of amides is 1. The molecule has 0 unspecified atom stereocenters. The predicted molar refractivity (Wildman–Crippen MR) is 93.6 cm³/mol. The summed E-state index contributed by atoms with van der Waals surface area (Å²) in [5, 5.41) is 4.77. The Labute approximate surface area is 144 Å². The molecule has 2 aromatic heterocycles. The molecule has 1 aliphatic heterocycles. The van der Waals surface area contributed by atoms with E-state index in [-0.39, 0.29) is 22.4 Å². The van der Waals surface area contributed by atoms with Gasteiger partial charge in [-0.15, -0.1) is 11.3 Å². The normalized spacial score (nSPS) is 20.2. The Morgan fingerprint density at radius 3 is 2.83 bits per heavy atom. The first kappa shape index (κ1) is 15.8. The smallest absolute Gasteiger partial charge is 0.271 e. The lowest BCUT2D eigenvalue weighted by Gasteiger charge is -2.30. The van der Waals surface area contributed by atoms with Gasteiger partial charge in [-0.25, -0.2) is 4.98 Å². The molecular weight excluding hydrogens is 324 g/mol. The fourth-order valence-electron chi connectivity index (χ4n) is 3.50. The number of hydrogen-bond donors (Lipinski definition) is 1. The first-order chi connectivity index (χ1) is 11.7. The van der Waals surface area contributed by atoms with Gasteiger partial charge in [0, 0.05) is 36.3 Å². The van der Waals surface area contributed by atoms with Crippen molar-refractivity contribution in [3.8, 4) is 0 Å². The number of fused-ring (bicyclic) bond motifs is 1. The topological polar surface area (TPSA) is 66.7 Å². The molecule has 0 radical (unpaired) electrons. The SMILES string of the molecule is O=C(NCC1(CN2CCCCC2)CC1)c1cnc2sccn2c1=O. The van der Waals surface area contributed by atoms with Crippen molar-refractivity contribution >= 4 is 22.2 Å². The second-order valence-corrected chi connectivity index (χ2v) is 7.93. The lowest BCUT2D eigenvalue weighted by molar-refractivity contribution is 0.0934. The molecule has 2 fully saturated rings. The average molecular weight is 346 g/mol. The van der Waals surface area contributed by atoms with Crippen molar-refractivity contribution in [3.63, 3.8) is 0 Å². The maximum Gasteiger partial charge on any atom is 0.271 e. The zero-order chi connectivity index (χ0) is 16.6. The van der Waals surface area contributed by atoms with Gasteiger partial charge < -0.3 is 10.2 Å². The van der Waals surface area contributed by atoms with Crippen molar-refractivity contribution in [2.45, 2.75) is 32.1 Å². The third-order valence-electron chi connectivity index (χ3n) is 5.18. The average Bonchev–Trinajstić information content (AvgIpc) is 3.18. The molecular formula is C17H22N4O2S. The van der Waals surface area contributed by atoms with Gasteiger partial charge in [0.25, 0.3) is 11.5 Å². The van der Waals surface area contributed by atoms with E-state index in [4.69, 9.17) is 0 Å². The molecule has 128 valence electrons. The fraction of sp³-hybridized carbons (Fsp3) is 0.588. The summed E-state index contributed by atoms with van der Waals surface area (Å²) in [6.07, 6.45) is 9.27. The number of nitrogens with one attached hydrogen (secondary N) is 1. The van der Waals surface area contributed by atoms with E-state index in [0.717, 1.165) is 19.4 Å². The van der Waals surface area contributed by atoms with Gasteiger partial charge in [0.15, 0.2) is 4.96 Å². The van der Waals surface area contributed by atoms with Gasteiger partial charge in [-0.2, -0.15) is 0 Å². The molecule has 2 aromatic rings. The van der Waals surface area contributed by atoms with Crippen molar-refractivity contribution in [1.29, 1.82) is 0 Å². The van der Waals surface area contributed by atoms with Crippen molar-refractivity contribution in [3.05, 3.63) is 33.7 Å². The zero-order valence-electron chi connectivity index (χ0n) is 13.7. The number of aromatic nitrogens is 2. The quantitative estimate of drug-likeness (QED) is 0.896. The number of nitrogens with zero attached hydrogens (tertiary/aromatic N) is 3. The first-order valence-corrected chi connectivity index (χ1v) is 9.50. The van der Waals surface area contributed by atoms with Crippen LogP contribution in [0.25, 0.3) is 4.96 Å². The molecule has 24 heavy (non-hydrogen) atoms. The standard InChI is InChI=1S/C17H22N4O2S/c22-14(13-10-18-16-21(15(13)23)8-9-24-16)19-11-17(4-5-17)12-20-6-2-1-3-7-20/h8-10H,1-7,11-12H2,(H,19,22). The van der Waals surface area contributed by atoms with Gasteiger partial charge in [-0.1, -0.05) is 6.42 Å². The van der Waals surface area contributed by atoms with Crippen LogP contribution in [0.3, 0.4) is 0 Å². The van der Waals surface area contributed by atoms with Crippen molar-refractivity contribution < 1.29 is 4.79 Å². The second kappa shape index (κ2) is 6.29. The molecule has 1 amide bonds. The summed E-state index contributed by atoms with van der Waals surface area (Å²) in [5.41, 5.74) is 0.0441. The number of hydrogen-bond acceptors (Lipinski definition) is 5. The minimum absolute atomic E-state index is 0.125. The Balaban J connectivity index is 1.40. The Hall–Kier alpha value is -1.73. The minimum atomic E-state index is -0.307. The number of likely N-dealkylation sites (tertiary alicyclic amines) is 1. The summed E-state index contributed by atoms with van der Waals surface area (Å²) in [6.45, 7) is 4.06. The summed E-state index contributed by atoms with van der Waals surface area (Å²) in [7, 11) is 0. The van der Waals surface area contributed by atoms with E-state index in [2.05, 4.69) is 15.2 Å². The van der Waals surface area contributed by atoms with Crippen LogP contribution in [0.4, 0.5) is 0 Å². The maximum absolute atomic E-state index is 12.4. The number of carbonyl (C=O) groups excluding carboxylic acids is 1. The largest absolute Gasteiger partial charge is 0.351 e. The van der Waals surface area contributed by atoms with Crippen molar-refractivity contribution in [2.24, 2.45) is 5.41 Å². The van der Waals surface area contributed by atoms with E-state index in [0.29, 0.717) is 11.5 Å². The van der Waals surface area contributed by atoms with Crippen LogP contribution >= 0.6 is 11.3 Å². The summed E-state index contributed by atoms with van der Waals surface area (Å²) in [6, 6.07) is 0. The molecule has 6 nitrogen and oxygen atoms in total. The number of carbonyl (C=O) groups is 1. The Morgan fingerprint density at radius 2 is 2.08 bits per heavy atom. The van der Waals surface area contributed by atoms with Crippen LogP contribution in [-0.4, -0.2) is 46.4 Å². The van der Waals surface area contributed by atoms with Crippen LogP contribution in [0.2, 0.25) is 0 Å². The highest BCUT2D eigenvalue weighted by atomic mass is 32.1. The number of rotatable bonds is 5. The van der Waals surface area contributed by atoms with Crippen molar-refractivity contribution in [1.82, 2.24) is 19.6 Å². The van der Waals surface area contributed by atoms with Crippen molar-refractivity contribution in [2.75, 3.05) is 26.2 Å². The molecule has 1 saturated heterocycles. The van der Waals surface area contributed by atoms with E-state index in [9.17, 15) is 9.59 Å². The zero-order valence-corrected chi connectivity index (χ0v) is 14.5. The van der Waals surface area contributed by atoms with Crippen LogP contribution < -0.4 is 10.9 Å². The lowest BCUT2D eigenvalue weighted by atomic mass is 10.0. The summed E-state index contributed by atoms with van der Waals surface area (Å²) in [5.74, 6) is -0.307. The van der Waals surface area contributed by atoms with E-state index < -0.39 is 0 Å². The highest BCUT2D eigenvalue weighted by molar-refractivity contribution is 7.15. The molecule has 3 heterocycles. The van der Waals surface area contributed by atoms with Gasteiger partial charge >= 0.3 is 0 Å². The highest BCUT2D eigenvalue weighted by Gasteiger charge is 2.44. The van der Waals surface area contributed by atoms with Gasteiger partial charge in [0.2, 0.25) is 0 Å². The minimum Gasteiger partial charge on any atom is -0.351 e. The molecule has 0 bridgehead atoms. The number of thiazole rings is 1. The van der Waals surface area contributed by atoms with Gasteiger partial charge in [-0.05, 0) is 38.8 Å². The molecule has 0 aromatic carbocycles. The van der Waals surface area contributed by atoms with Gasteiger partial charge in [-0.3, -0.25) is 14.0 Å². The lowest BCUT2D eigenvalue weighted by Crippen LogP contribution is -2.41. The van der Waals surface area contributed by atoms with Crippen LogP contribution in [0, 0.1) is 5.41 Å². The molecule has 7 heteroatoms. The molecule has 2 aliphatic rings. The molecule has 0 atom stereocenters. The summed E-state index contributed by atoms with van der Waals surface area (Å²) < 4.78 is 1.43. The second-order valence-electron chi connectivity index (χ2n) is 7.05. The van der Waals surface area contributed by atoms with Crippen LogP contribution in [-0.2, 0) is 0 Å². The predicted octanol–water partition coefficient (Wildman–Crippen LogP) is 1.75. The van der Waals surface area contributed by atoms with Gasteiger partial charge in [0.05, 0.1) is 0 Å². The van der Waals surface area contributed by atoms with Crippen LogP contribution in [0.1, 0.15) is 42.5 Å². The first-order valence-electron chi connectivity index (χ1n) is 8.62. The Kier molecular flexibility index (Phi) is 4.14. The Morgan fingerprint density at radius 1 is 1.29 bits per heavy atom. The van der Waals surface area contributed by atoms with E-state index in [1.165, 1.54) is 54.3 Å². The molecule has 1 N–H and O–H groups in total. The molecule has 1 saturated carbocycles. The molecule has 1 aliphatic carbocycles. The monoisotopic (exact) mass is 346 g/mol. The molecule has 4 rings (SSSR count). The van der Waals surface area contributed by atoms with Crippen LogP contribution in [0.5, 0.6) is 0 Å². The molecule has 0 spiro atoms. The Bertz CT molecular complexity index is 802. The fourth-order valence-corrected chi connectivity index (χ4v) is 4.18. The summed E-state index contributed by atoms with van der Waals surface area (Å²) >= 11 is 1.38. The third kappa shape index (κ3) is 3.10. The van der Waals surface area contributed by atoms with Gasteiger partial charge in [0.1, 0.15) is 5.56 Å². The van der Waals surface area contributed by atoms with E-state index in [1.807, 2.05) is 0 Å². The van der Waals surface area contributed by atoms with E-state index in [1.54, 1.807) is 11.6 Å². The van der Waals surface area contributed by atoms with Crippen LogP contribution in [0.15, 0.2) is 22.6 Å². The third-order valence-corrected chi connectivity index (χ3v) is 5.95. The van der Waals surface area contributed by atoms with E-state index >= 15 is 0 Å². The highest BCUT2D eigenvalue weighted by Crippen LogP contribution is 2.46.